The lowest BCUT2D eigenvalue weighted by Gasteiger charge is -2.25. The molecule has 5 nitrogen and oxygen atoms in total. The van der Waals surface area contributed by atoms with Gasteiger partial charge < -0.3 is 10.1 Å². The number of rotatable bonds is 7. The smallest absolute Gasteiger partial charge is 0.211 e. The molecule has 18 heavy (non-hydrogen) atoms. The number of piperidine rings is 1. The standard InChI is InChI=1S/C12H26N2O3S/c1-12(2,17-3)10-14-18(15,16)9-7-11-6-4-5-8-13-11/h11,13-14H,4-10H2,1-3H3. The van der Waals surface area contributed by atoms with Crippen LogP contribution in [0.25, 0.3) is 0 Å². The molecule has 108 valence electrons. The van der Waals surface area contributed by atoms with Crippen LogP contribution in [0.4, 0.5) is 0 Å². The van der Waals surface area contributed by atoms with Crippen LogP contribution < -0.4 is 10.0 Å². The number of sulfonamides is 1. The SMILES string of the molecule is COC(C)(C)CNS(=O)(=O)CCC1CCCCN1. The quantitative estimate of drug-likeness (QED) is 0.725. The molecule has 1 saturated heterocycles. The van der Waals surface area contributed by atoms with Crippen molar-refractivity contribution in [3.63, 3.8) is 0 Å². The van der Waals surface area contributed by atoms with Crippen LogP contribution in [0.5, 0.6) is 0 Å². The van der Waals surface area contributed by atoms with Crippen molar-refractivity contribution in [3.8, 4) is 0 Å². The first-order valence-electron chi connectivity index (χ1n) is 6.60. The van der Waals surface area contributed by atoms with Gasteiger partial charge in [0.1, 0.15) is 0 Å². The van der Waals surface area contributed by atoms with Gasteiger partial charge in [-0.25, -0.2) is 13.1 Å². The highest BCUT2D eigenvalue weighted by molar-refractivity contribution is 7.89. The van der Waals surface area contributed by atoms with Gasteiger partial charge in [0.2, 0.25) is 10.0 Å². The summed E-state index contributed by atoms with van der Waals surface area (Å²) in [7, 11) is -1.61. The van der Waals surface area contributed by atoms with Crippen LogP contribution in [0.15, 0.2) is 0 Å². The van der Waals surface area contributed by atoms with Crippen molar-refractivity contribution >= 4 is 10.0 Å². The zero-order chi connectivity index (χ0) is 13.6. The minimum Gasteiger partial charge on any atom is -0.377 e. The van der Waals surface area contributed by atoms with Crippen LogP contribution in [-0.4, -0.2) is 46.0 Å². The number of hydrogen-bond acceptors (Lipinski definition) is 4. The molecule has 0 aromatic heterocycles. The summed E-state index contributed by atoms with van der Waals surface area (Å²) in [6, 6.07) is 0.353. The maximum Gasteiger partial charge on any atom is 0.211 e. The predicted molar refractivity (Wildman–Crippen MR) is 73.1 cm³/mol. The number of nitrogens with one attached hydrogen (secondary N) is 2. The van der Waals surface area contributed by atoms with Crippen LogP contribution in [0.3, 0.4) is 0 Å². The molecule has 0 aliphatic carbocycles. The first kappa shape index (κ1) is 15.9. The summed E-state index contributed by atoms with van der Waals surface area (Å²) in [4.78, 5) is 0. The fourth-order valence-electron chi connectivity index (χ4n) is 1.90. The lowest BCUT2D eigenvalue weighted by atomic mass is 10.0. The Balaban J connectivity index is 2.30. The van der Waals surface area contributed by atoms with E-state index >= 15 is 0 Å². The van der Waals surface area contributed by atoms with E-state index in [1.807, 2.05) is 13.8 Å². The molecule has 1 heterocycles. The molecule has 2 N–H and O–H groups in total. The Morgan fingerprint density at radius 1 is 1.39 bits per heavy atom. The number of ether oxygens (including phenoxy) is 1. The largest absolute Gasteiger partial charge is 0.377 e. The second-order valence-electron chi connectivity index (χ2n) is 5.54. The molecule has 0 spiro atoms. The van der Waals surface area contributed by atoms with Crippen LogP contribution >= 0.6 is 0 Å². The lowest BCUT2D eigenvalue weighted by molar-refractivity contribution is 0.0276. The first-order valence-corrected chi connectivity index (χ1v) is 8.26. The molecule has 0 aromatic carbocycles. The third-order valence-corrected chi connectivity index (χ3v) is 4.78. The normalized spacial score (nSPS) is 22.1. The van der Waals surface area contributed by atoms with Crippen molar-refractivity contribution in [1.82, 2.24) is 10.0 Å². The molecule has 1 unspecified atom stereocenters. The summed E-state index contributed by atoms with van der Waals surface area (Å²) < 4.78 is 31.5. The van der Waals surface area contributed by atoms with Gasteiger partial charge in [0.05, 0.1) is 11.4 Å². The van der Waals surface area contributed by atoms with Crippen molar-refractivity contribution in [2.75, 3.05) is 26.0 Å². The van der Waals surface area contributed by atoms with Gasteiger partial charge in [0, 0.05) is 19.7 Å². The van der Waals surface area contributed by atoms with E-state index in [4.69, 9.17) is 4.74 Å². The molecule has 1 fully saturated rings. The maximum atomic E-state index is 11.8. The molecule has 0 amide bonds. The molecule has 0 radical (unpaired) electrons. The molecular weight excluding hydrogens is 252 g/mol. The Kier molecular flexibility index (Phi) is 6.04. The summed E-state index contributed by atoms with van der Waals surface area (Å²) in [6.07, 6.45) is 4.16. The third kappa shape index (κ3) is 6.13. The molecule has 1 atom stereocenters. The molecule has 0 aromatic rings. The van der Waals surface area contributed by atoms with E-state index in [1.165, 1.54) is 12.8 Å². The van der Waals surface area contributed by atoms with E-state index in [1.54, 1.807) is 7.11 Å². The zero-order valence-corrected chi connectivity index (χ0v) is 12.5. The Bertz CT molecular complexity index is 335. The number of hydrogen-bond donors (Lipinski definition) is 2. The van der Waals surface area contributed by atoms with Crippen molar-refractivity contribution < 1.29 is 13.2 Å². The van der Waals surface area contributed by atoms with Gasteiger partial charge in [0.15, 0.2) is 0 Å². The van der Waals surface area contributed by atoms with E-state index in [-0.39, 0.29) is 5.75 Å². The van der Waals surface area contributed by atoms with E-state index in [0.717, 1.165) is 13.0 Å². The summed E-state index contributed by atoms with van der Waals surface area (Å²) in [5.41, 5.74) is -0.462. The van der Waals surface area contributed by atoms with Crippen LogP contribution in [0.1, 0.15) is 39.5 Å². The highest BCUT2D eigenvalue weighted by atomic mass is 32.2. The molecule has 1 aliphatic heterocycles. The second kappa shape index (κ2) is 6.84. The van der Waals surface area contributed by atoms with Gasteiger partial charge in [-0.05, 0) is 39.7 Å². The highest BCUT2D eigenvalue weighted by Crippen LogP contribution is 2.11. The van der Waals surface area contributed by atoms with Crippen molar-refractivity contribution in [2.24, 2.45) is 0 Å². The van der Waals surface area contributed by atoms with Gasteiger partial charge in [-0.3, -0.25) is 0 Å². The molecule has 1 rings (SSSR count). The van der Waals surface area contributed by atoms with Crippen molar-refractivity contribution in [1.29, 1.82) is 0 Å². The molecule has 0 saturated carbocycles. The average molecular weight is 278 g/mol. The Labute approximate surface area is 111 Å². The topological polar surface area (TPSA) is 67.4 Å². The zero-order valence-electron chi connectivity index (χ0n) is 11.7. The lowest BCUT2D eigenvalue weighted by Crippen LogP contribution is -2.42. The van der Waals surface area contributed by atoms with Crippen LogP contribution in [-0.2, 0) is 14.8 Å². The van der Waals surface area contributed by atoms with Crippen LogP contribution in [0.2, 0.25) is 0 Å². The van der Waals surface area contributed by atoms with Gasteiger partial charge in [0.25, 0.3) is 0 Å². The minimum absolute atomic E-state index is 0.185. The third-order valence-electron chi connectivity index (χ3n) is 3.42. The monoisotopic (exact) mass is 278 g/mol. The Morgan fingerprint density at radius 3 is 2.67 bits per heavy atom. The van der Waals surface area contributed by atoms with E-state index in [9.17, 15) is 8.42 Å². The maximum absolute atomic E-state index is 11.8. The van der Waals surface area contributed by atoms with E-state index < -0.39 is 15.6 Å². The number of methoxy groups -OCH3 is 1. The molecule has 6 heteroatoms. The Morgan fingerprint density at radius 2 is 2.11 bits per heavy atom. The molecule has 0 bridgehead atoms. The summed E-state index contributed by atoms with van der Waals surface area (Å²) in [5, 5.41) is 3.36. The average Bonchev–Trinajstić information content (AvgIpc) is 2.36. The van der Waals surface area contributed by atoms with Crippen LogP contribution in [0, 0.1) is 0 Å². The van der Waals surface area contributed by atoms with Gasteiger partial charge in [-0.15, -0.1) is 0 Å². The van der Waals surface area contributed by atoms with Crippen molar-refractivity contribution in [2.45, 2.75) is 51.2 Å². The first-order chi connectivity index (χ1) is 8.35. The predicted octanol–water partition coefficient (Wildman–Crippen LogP) is 0.863. The van der Waals surface area contributed by atoms with Gasteiger partial charge >= 0.3 is 0 Å². The highest BCUT2D eigenvalue weighted by Gasteiger charge is 2.21. The van der Waals surface area contributed by atoms with Gasteiger partial charge in [-0.1, -0.05) is 6.42 Å². The van der Waals surface area contributed by atoms with Gasteiger partial charge in [-0.2, -0.15) is 0 Å². The minimum atomic E-state index is -3.19. The van der Waals surface area contributed by atoms with Crippen molar-refractivity contribution in [3.05, 3.63) is 0 Å². The Hall–Kier alpha value is -0.170. The summed E-state index contributed by atoms with van der Waals surface area (Å²) in [5.74, 6) is 0.185. The molecular formula is C12H26N2O3S. The fraction of sp³-hybridized carbons (Fsp3) is 1.00. The summed E-state index contributed by atoms with van der Waals surface area (Å²) >= 11 is 0. The van der Waals surface area contributed by atoms with E-state index in [0.29, 0.717) is 19.0 Å². The summed E-state index contributed by atoms with van der Waals surface area (Å²) in [6.45, 7) is 5.04. The molecule has 1 aliphatic rings. The fourth-order valence-corrected chi connectivity index (χ4v) is 3.20. The second-order valence-corrected chi connectivity index (χ2v) is 7.47. The van der Waals surface area contributed by atoms with E-state index in [2.05, 4.69) is 10.0 Å².